The quantitative estimate of drug-likeness (QED) is 0.419. The summed E-state index contributed by atoms with van der Waals surface area (Å²) in [6, 6.07) is 14.8. The van der Waals surface area contributed by atoms with E-state index in [0.717, 1.165) is 16.9 Å². The predicted molar refractivity (Wildman–Crippen MR) is 96.1 cm³/mol. The molecule has 0 radical (unpaired) electrons. The van der Waals surface area contributed by atoms with E-state index in [-0.39, 0.29) is 10.9 Å². The monoisotopic (exact) mass is 369 g/mol. The van der Waals surface area contributed by atoms with Crippen LogP contribution in [-0.4, -0.2) is 28.2 Å². The van der Waals surface area contributed by atoms with Crippen LogP contribution in [0.3, 0.4) is 0 Å². The van der Waals surface area contributed by atoms with Gasteiger partial charge in [0, 0.05) is 5.56 Å². The van der Waals surface area contributed by atoms with Crippen LogP contribution in [0.1, 0.15) is 5.56 Å². The average molecular weight is 369 g/mol. The largest absolute Gasteiger partial charge is 0.329 e. The highest BCUT2D eigenvalue weighted by Gasteiger charge is 2.16. The number of carbonyl (C=O) groups excluding carboxylic acids is 2. The van der Waals surface area contributed by atoms with Crippen LogP contribution in [-0.2, 0) is 9.59 Å². The molecule has 0 aliphatic carbocycles. The molecule has 1 aromatic heterocycles. The Bertz CT molecular complexity index is 941. The second-order valence-corrected chi connectivity index (χ2v) is 5.96. The number of halogens is 1. The summed E-state index contributed by atoms with van der Waals surface area (Å²) >= 11 is 1.15. The van der Waals surface area contributed by atoms with E-state index in [0.29, 0.717) is 10.6 Å². The van der Waals surface area contributed by atoms with Crippen molar-refractivity contribution in [2.24, 2.45) is 5.10 Å². The molecule has 3 rings (SSSR count). The zero-order valence-corrected chi connectivity index (χ0v) is 14.0. The van der Waals surface area contributed by atoms with Crippen LogP contribution in [0.2, 0.25) is 0 Å². The Morgan fingerprint density at radius 2 is 1.73 bits per heavy atom. The van der Waals surface area contributed by atoms with E-state index in [1.54, 1.807) is 0 Å². The van der Waals surface area contributed by atoms with E-state index in [4.69, 9.17) is 0 Å². The topological polar surface area (TPSA) is 96.3 Å². The number of amides is 2. The number of nitrogens with one attached hydrogen (secondary N) is 2. The van der Waals surface area contributed by atoms with E-state index < -0.39 is 11.8 Å². The van der Waals surface area contributed by atoms with Crippen molar-refractivity contribution >= 4 is 34.5 Å². The van der Waals surface area contributed by atoms with Gasteiger partial charge in [0.05, 0.1) is 6.21 Å². The van der Waals surface area contributed by atoms with Crippen molar-refractivity contribution in [1.29, 1.82) is 0 Å². The molecule has 2 aromatic carbocycles. The maximum atomic E-state index is 12.8. The predicted octanol–water partition coefficient (Wildman–Crippen LogP) is 2.43. The van der Waals surface area contributed by atoms with Gasteiger partial charge in [0.15, 0.2) is 0 Å². The number of rotatable bonds is 4. The van der Waals surface area contributed by atoms with E-state index in [1.807, 2.05) is 30.3 Å². The third-order valence-electron chi connectivity index (χ3n) is 3.12. The van der Waals surface area contributed by atoms with Gasteiger partial charge < -0.3 is 0 Å². The summed E-state index contributed by atoms with van der Waals surface area (Å²) in [5.41, 5.74) is 3.52. The van der Waals surface area contributed by atoms with Gasteiger partial charge in [-0.25, -0.2) is 9.82 Å². The van der Waals surface area contributed by atoms with Crippen molar-refractivity contribution in [1.82, 2.24) is 15.6 Å². The summed E-state index contributed by atoms with van der Waals surface area (Å²) in [5.74, 6) is -2.26. The molecule has 0 bridgehead atoms. The summed E-state index contributed by atoms with van der Waals surface area (Å²) in [4.78, 5) is 23.6. The fourth-order valence-corrected chi connectivity index (χ4v) is 2.63. The molecule has 130 valence electrons. The highest BCUT2D eigenvalue weighted by molar-refractivity contribution is 7.18. The lowest BCUT2D eigenvalue weighted by Gasteiger charge is -1.99. The van der Waals surface area contributed by atoms with Gasteiger partial charge in [0.25, 0.3) is 0 Å². The van der Waals surface area contributed by atoms with Crippen LogP contribution in [0.4, 0.5) is 9.52 Å². The van der Waals surface area contributed by atoms with Gasteiger partial charge in [-0.1, -0.05) is 53.8 Å². The molecule has 0 unspecified atom stereocenters. The Kier molecular flexibility index (Phi) is 5.40. The van der Waals surface area contributed by atoms with E-state index in [1.165, 1.54) is 30.5 Å². The molecule has 9 heteroatoms. The summed E-state index contributed by atoms with van der Waals surface area (Å²) in [6.07, 6.45) is 1.29. The summed E-state index contributed by atoms with van der Waals surface area (Å²) in [6.45, 7) is 0. The van der Waals surface area contributed by atoms with Crippen molar-refractivity contribution in [3.05, 3.63) is 66.0 Å². The number of nitrogens with zero attached hydrogens (tertiary/aromatic N) is 3. The number of hydrogen-bond acceptors (Lipinski definition) is 6. The van der Waals surface area contributed by atoms with Crippen molar-refractivity contribution in [3.8, 4) is 10.6 Å². The Morgan fingerprint density at radius 1 is 1.00 bits per heavy atom. The summed E-state index contributed by atoms with van der Waals surface area (Å²) < 4.78 is 12.8. The third-order valence-corrected chi connectivity index (χ3v) is 4.01. The lowest BCUT2D eigenvalue weighted by Crippen LogP contribution is -2.32. The molecule has 0 saturated heterocycles. The first kappa shape index (κ1) is 17.4. The highest BCUT2D eigenvalue weighted by atomic mass is 32.1. The molecule has 0 aliphatic rings. The lowest BCUT2D eigenvalue weighted by molar-refractivity contribution is -0.136. The number of hydrogen-bond donors (Lipinski definition) is 2. The summed E-state index contributed by atoms with van der Waals surface area (Å²) in [7, 11) is 0. The van der Waals surface area contributed by atoms with Crippen molar-refractivity contribution in [3.63, 3.8) is 0 Å². The molecule has 0 fully saturated rings. The minimum absolute atomic E-state index is 0.200. The first-order chi connectivity index (χ1) is 12.6. The van der Waals surface area contributed by atoms with E-state index >= 15 is 0 Å². The molecule has 0 spiro atoms. The van der Waals surface area contributed by atoms with Crippen LogP contribution in [0.25, 0.3) is 10.6 Å². The molecule has 0 saturated carbocycles. The first-order valence-electron chi connectivity index (χ1n) is 7.41. The van der Waals surface area contributed by atoms with Gasteiger partial charge >= 0.3 is 11.8 Å². The molecule has 0 aliphatic heterocycles. The maximum Gasteiger partial charge on any atom is 0.329 e. The Labute approximate surface area is 151 Å². The molecule has 0 atom stereocenters. The molecular weight excluding hydrogens is 357 g/mol. The molecule has 7 nitrogen and oxygen atoms in total. The van der Waals surface area contributed by atoms with Gasteiger partial charge in [-0.15, -0.1) is 10.2 Å². The number of benzene rings is 2. The molecular formula is C17H12FN5O2S. The Balaban J connectivity index is 1.55. The Morgan fingerprint density at radius 3 is 2.46 bits per heavy atom. The van der Waals surface area contributed by atoms with Crippen LogP contribution in [0.15, 0.2) is 59.7 Å². The van der Waals surface area contributed by atoms with Crippen LogP contribution in [0.5, 0.6) is 0 Å². The minimum atomic E-state index is -0.958. The molecule has 2 amide bonds. The fourth-order valence-electron chi connectivity index (χ4n) is 1.89. The van der Waals surface area contributed by atoms with Crippen LogP contribution in [0, 0.1) is 5.82 Å². The zero-order valence-electron chi connectivity index (χ0n) is 13.2. The second-order valence-electron chi connectivity index (χ2n) is 4.98. The smallest absolute Gasteiger partial charge is 0.292 e. The zero-order chi connectivity index (χ0) is 18.4. The second kappa shape index (κ2) is 8.08. The fraction of sp³-hybridized carbons (Fsp3) is 0. The molecule has 26 heavy (non-hydrogen) atoms. The number of anilines is 1. The van der Waals surface area contributed by atoms with Gasteiger partial charge in [-0.3, -0.25) is 14.9 Å². The molecule has 1 heterocycles. The van der Waals surface area contributed by atoms with Crippen molar-refractivity contribution in [2.45, 2.75) is 0 Å². The van der Waals surface area contributed by atoms with E-state index in [2.05, 4.69) is 26.0 Å². The standard InChI is InChI=1S/C17H12FN5O2S/c18-13-8-6-11(7-9-13)10-19-21-15(25)14(24)20-17-23-22-16(26-17)12-4-2-1-3-5-12/h1-10H,(H,21,25)(H,20,23,24)/b19-10+. The van der Waals surface area contributed by atoms with Crippen LogP contribution >= 0.6 is 11.3 Å². The molecule has 3 aromatic rings. The lowest BCUT2D eigenvalue weighted by atomic mass is 10.2. The normalized spacial score (nSPS) is 10.7. The van der Waals surface area contributed by atoms with Gasteiger partial charge in [0.2, 0.25) is 5.13 Å². The van der Waals surface area contributed by atoms with Crippen molar-refractivity contribution < 1.29 is 14.0 Å². The average Bonchev–Trinajstić information content (AvgIpc) is 3.12. The minimum Gasteiger partial charge on any atom is -0.292 e. The van der Waals surface area contributed by atoms with Gasteiger partial charge in [0.1, 0.15) is 10.8 Å². The third kappa shape index (κ3) is 4.54. The molecule has 2 N–H and O–H groups in total. The van der Waals surface area contributed by atoms with E-state index in [9.17, 15) is 14.0 Å². The number of carbonyl (C=O) groups is 2. The SMILES string of the molecule is O=C(N/N=C/c1ccc(F)cc1)C(=O)Nc1nnc(-c2ccccc2)s1. The Hall–Kier alpha value is -3.46. The van der Waals surface area contributed by atoms with Gasteiger partial charge in [-0.05, 0) is 17.7 Å². The van der Waals surface area contributed by atoms with Crippen molar-refractivity contribution in [2.75, 3.05) is 5.32 Å². The summed E-state index contributed by atoms with van der Waals surface area (Å²) in [5, 5.41) is 14.6. The first-order valence-corrected chi connectivity index (χ1v) is 8.22. The van der Waals surface area contributed by atoms with Crippen LogP contribution < -0.4 is 10.7 Å². The maximum absolute atomic E-state index is 12.8. The highest BCUT2D eigenvalue weighted by Crippen LogP contribution is 2.25. The number of aromatic nitrogens is 2. The number of hydrazone groups is 1. The van der Waals surface area contributed by atoms with Gasteiger partial charge in [-0.2, -0.15) is 5.10 Å².